The molecule has 0 atom stereocenters. The Morgan fingerprint density at radius 1 is 1.78 bits per heavy atom. The van der Waals surface area contributed by atoms with E-state index in [4.69, 9.17) is 5.73 Å². The first-order chi connectivity index (χ1) is 4.19. The molecule has 0 saturated heterocycles. The summed E-state index contributed by atoms with van der Waals surface area (Å²) in [6.07, 6.45) is 3.23. The molecular formula is C6H9NO2. The first kappa shape index (κ1) is 6.29. The third-order valence-corrected chi connectivity index (χ3v) is 1.15. The first-order valence-corrected chi connectivity index (χ1v) is 2.85. The summed E-state index contributed by atoms with van der Waals surface area (Å²) in [6, 6.07) is 0. The molecule has 1 rings (SSSR count). The van der Waals surface area contributed by atoms with Crippen LogP contribution in [-0.4, -0.2) is 18.1 Å². The standard InChI is InChI=1S/C6H9NO2/c1-2-9-5(8)6(7)3-4-6/h3-4H,2,7H2,1H3. The van der Waals surface area contributed by atoms with Gasteiger partial charge in [-0.1, -0.05) is 12.2 Å². The normalized spacial score (nSPS) is 19.3. The summed E-state index contributed by atoms with van der Waals surface area (Å²) in [5.74, 6) is -0.356. The van der Waals surface area contributed by atoms with Gasteiger partial charge in [0.15, 0.2) is 5.54 Å². The van der Waals surface area contributed by atoms with Crippen LogP contribution in [0.4, 0.5) is 0 Å². The van der Waals surface area contributed by atoms with Gasteiger partial charge in [0.25, 0.3) is 0 Å². The molecule has 0 spiro atoms. The predicted octanol–water partition coefficient (Wildman–Crippen LogP) is -0.183. The van der Waals surface area contributed by atoms with Gasteiger partial charge in [-0.2, -0.15) is 0 Å². The second kappa shape index (κ2) is 1.84. The molecule has 0 amide bonds. The number of carbonyl (C=O) groups excluding carboxylic acids is 1. The lowest BCUT2D eigenvalue weighted by Gasteiger charge is -2.06. The molecule has 0 aliphatic heterocycles. The molecule has 50 valence electrons. The van der Waals surface area contributed by atoms with Gasteiger partial charge in [0, 0.05) is 0 Å². The zero-order chi connectivity index (χ0) is 6.91. The number of hydrogen-bond donors (Lipinski definition) is 1. The molecule has 0 bridgehead atoms. The maximum Gasteiger partial charge on any atom is 0.334 e. The molecule has 0 aromatic rings. The minimum atomic E-state index is -0.851. The van der Waals surface area contributed by atoms with Gasteiger partial charge in [0.05, 0.1) is 6.61 Å². The number of rotatable bonds is 2. The van der Waals surface area contributed by atoms with Gasteiger partial charge >= 0.3 is 5.97 Å². The summed E-state index contributed by atoms with van der Waals surface area (Å²) < 4.78 is 4.64. The van der Waals surface area contributed by atoms with E-state index in [1.165, 1.54) is 0 Å². The number of esters is 1. The SMILES string of the molecule is CCOC(=O)C1(N)C=C1. The molecule has 1 aliphatic carbocycles. The van der Waals surface area contributed by atoms with Crippen molar-refractivity contribution in [2.24, 2.45) is 5.73 Å². The van der Waals surface area contributed by atoms with Crippen LogP contribution in [0.5, 0.6) is 0 Å². The Kier molecular flexibility index (Phi) is 1.29. The maximum absolute atomic E-state index is 10.7. The quantitative estimate of drug-likeness (QED) is 0.413. The fourth-order valence-electron chi connectivity index (χ4n) is 0.482. The molecule has 0 heterocycles. The summed E-state index contributed by atoms with van der Waals surface area (Å²) >= 11 is 0. The molecule has 2 N–H and O–H groups in total. The molecule has 0 radical (unpaired) electrons. The number of hydrogen-bond acceptors (Lipinski definition) is 3. The molecule has 3 heteroatoms. The molecule has 0 unspecified atom stereocenters. The van der Waals surface area contributed by atoms with Crippen LogP contribution in [0.25, 0.3) is 0 Å². The van der Waals surface area contributed by atoms with Gasteiger partial charge in [-0.3, -0.25) is 0 Å². The Balaban J connectivity index is 2.35. The highest BCUT2D eigenvalue weighted by molar-refractivity contribution is 5.90. The van der Waals surface area contributed by atoms with Crippen molar-refractivity contribution < 1.29 is 9.53 Å². The highest BCUT2D eigenvalue weighted by Gasteiger charge is 2.39. The second-order valence-corrected chi connectivity index (χ2v) is 1.99. The number of nitrogens with two attached hydrogens (primary N) is 1. The average Bonchev–Trinajstić information content (AvgIpc) is 2.50. The molecular weight excluding hydrogens is 118 g/mol. The van der Waals surface area contributed by atoms with Gasteiger partial charge in [-0.05, 0) is 6.92 Å². The highest BCUT2D eigenvalue weighted by Crippen LogP contribution is 2.20. The lowest BCUT2D eigenvalue weighted by molar-refractivity contribution is -0.144. The Labute approximate surface area is 53.5 Å². The van der Waals surface area contributed by atoms with Crippen molar-refractivity contribution in [1.82, 2.24) is 0 Å². The minimum absolute atomic E-state index is 0.356. The molecule has 0 saturated carbocycles. The van der Waals surface area contributed by atoms with Crippen LogP contribution in [0, 0.1) is 0 Å². The van der Waals surface area contributed by atoms with Crippen molar-refractivity contribution in [3.63, 3.8) is 0 Å². The molecule has 9 heavy (non-hydrogen) atoms. The minimum Gasteiger partial charge on any atom is -0.464 e. The largest absolute Gasteiger partial charge is 0.464 e. The van der Waals surface area contributed by atoms with Crippen molar-refractivity contribution in [1.29, 1.82) is 0 Å². The van der Waals surface area contributed by atoms with Crippen LogP contribution >= 0.6 is 0 Å². The van der Waals surface area contributed by atoms with E-state index in [9.17, 15) is 4.79 Å². The number of ether oxygens (including phenoxy) is 1. The fourth-order valence-corrected chi connectivity index (χ4v) is 0.482. The monoisotopic (exact) mass is 127 g/mol. The van der Waals surface area contributed by atoms with Crippen molar-refractivity contribution in [2.45, 2.75) is 12.5 Å². The zero-order valence-electron chi connectivity index (χ0n) is 5.26. The molecule has 1 aliphatic rings. The lowest BCUT2D eigenvalue weighted by Crippen LogP contribution is -2.36. The van der Waals surface area contributed by atoms with E-state index in [1.807, 2.05) is 0 Å². The van der Waals surface area contributed by atoms with Crippen molar-refractivity contribution in [3.05, 3.63) is 12.2 Å². The van der Waals surface area contributed by atoms with Gasteiger partial charge in [-0.25, -0.2) is 4.79 Å². The molecule has 0 fully saturated rings. The van der Waals surface area contributed by atoms with E-state index in [-0.39, 0.29) is 5.97 Å². The summed E-state index contributed by atoms with van der Waals surface area (Å²) in [5, 5.41) is 0. The lowest BCUT2D eigenvalue weighted by atomic mass is 10.3. The van der Waals surface area contributed by atoms with Crippen LogP contribution in [0.15, 0.2) is 12.2 Å². The third-order valence-electron chi connectivity index (χ3n) is 1.15. The van der Waals surface area contributed by atoms with E-state index in [1.54, 1.807) is 19.1 Å². The van der Waals surface area contributed by atoms with Gasteiger partial charge in [-0.15, -0.1) is 0 Å². The second-order valence-electron chi connectivity index (χ2n) is 1.99. The van der Waals surface area contributed by atoms with Gasteiger partial charge in [0.1, 0.15) is 0 Å². The predicted molar refractivity (Wildman–Crippen MR) is 32.7 cm³/mol. The smallest absolute Gasteiger partial charge is 0.334 e. The average molecular weight is 127 g/mol. The summed E-state index contributed by atoms with van der Waals surface area (Å²) in [7, 11) is 0. The Bertz CT molecular complexity index is 156. The van der Waals surface area contributed by atoms with Crippen molar-refractivity contribution in [3.8, 4) is 0 Å². The van der Waals surface area contributed by atoms with E-state index >= 15 is 0 Å². The van der Waals surface area contributed by atoms with Crippen LogP contribution < -0.4 is 5.73 Å². The molecule has 0 aromatic heterocycles. The molecule has 0 aromatic carbocycles. The Morgan fingerprint density at radius 2 is 2.33 bits per heavy atom. The zero-order valence-corrected chi connectivity index (χ0v) is 5.26. The van der Waals surface area contributed by atoms with E-state index < -0.39 is 5.54 Å². The number of carbonyl (C=O) groups is 1. The molecule has 3 nitrogen and oxygen atoms in total. The van der Waals surface area contributed by atoms with Crippen molar-refractivity contribution in [2.75, 3.05) is 6.61 Å². The summed E-state index contributed by atoms with van der Waals surface area (Å²) in [6.45, 7) is 2.14. The third kappa shape index (κ3) is 1.10. The highest BCUT2D eigenvalue weighted by atomic mass is 16.5. The van der Waals surface area contributed by atoms with Crippen LogP contribution in [0.2, 0.25) is 0 Å². The van der Waals surface area contributed by atoms with Crippen LogP contribution in [0.1, 0.15) is 6.92 Å². The van der Waals surface area contributed by atoms with Gasteiger partial charge in [0.2, 0.25) is 0 Å². The first-order valence-electron chi connectivity index (χ1n) is 2.85. The summed E-state index contributed by atoms with van der Waals surface area (Å²) in [5.41, 5.74) is 4.54. The van der Waals surface area contributed by atoms with Crippen LogP contribution in [-0.2, 0) is 9.53 Å². The van der Waals surface area contributed by atoms with Crippen molar-refractivity contribution >= 4 is 5.97 Å². The summed E-state index contributed by atoms with van der Waals surface area (Å²) in [4.78, 5) is 10.7. The van der Waals surface area contributed by atoms with E-state index in [2.05, 4.69) is 4.74 Å². The Morgan fingerprint density at radius 3 is 2.67 bits per heavy atom. The maximum atomic E-state index is 10.7. The topological polar surface area (TPSA) is 52.3 Å². The van der Waals surface area contributed by atoms with E-state index in [0.29, 0.717) is 6.61 Å². The van der Waals surface area contributed by atoms with Gasteiger partial charge < -0.3 is 10.5 Å². The van der Waals surface area contributed by atoms with Crippen LogP contribution in [0.3, 0.4) is 0 Å². The van der Waals surface area contributed by atoms with E-state index in [0.717, 1.165) is 0 Å². The Hall–Kier alpha value is -0.830. The fraction of sp³-hybridized carbons (Fsp3) is 0.500.